The van der Waals surface area contributed by atoms with Crippen LogP contribution >= 0.6 is 0 Å². The molecule has 0 aliphatic rings. The zero-order valence-corrected chi connectivity index (χ0v) is 25.1. The minimum Gasteiger partial charge on any atom is -0.504 e. The van der Waals surface area contributed by atoms with Crippen molar-refractivity contribution in [3.05, 3.63) is 36.4 Å². The lowest BCUT2D eigenvalue weighted by atomic mass is 10.1. The maximum Gasteiger partial charge on any atom is 0.243 e. The minimum atomic E-state index is -4.12. The molecule has 0 bridgehead atoms. The molecule has 0 amide bonds. The van der Waals surface area contributed by atoms with Gasteiger partial charge in [-0.3, -0.25) is 0 Å². The summed E-state index contributed by atoms with van der Waals surface area (Å²) >= 11 is 0. The second kappa shape index (κ2) is 16.0. The summed E-state index contributed by atoms with van der Waals surface area (Å²) < 4.78 is 56.7. The second-order valence-electron chi connectivity index (χ2n) is 9.94. The van der Waals surface area contributed by atoms with Gasteiger partial charge >= 0.3 is 0 Å². The van der Waals surface area contributed by atoms with Gasteiger partial charge in [0.1, 0.15) is 0 Å². The SMILES string of the molecule is CCCCCCCN(CCN(CCCCCCC)S(=O)(=O)c1ccc(O)c(O)c1)S(=O)(=O)c1ccc(O)c(O)c1. The van der Waals surface area contributed by atoms with Gasteiger partial charge < -0.3 is 20.4 Å². The first-order valence-electron chi connectivity index (χ1n) is 14.0. The highest BCUT2D eigenvalue weighted by Crippen LogP contribution is 2.30. The normalized spacial score (nSPS) is 12.4. The summed E-state index contributed by atoms with van der Waals surface area (Å²) in [4.78, 5) is -0.400. The molecular weight excluding hydrogens is 556 g/mol. The fraction of sp³-hybridized carbons (Fsp3) is 0.571. The van der Waals surface area contributed by atoms with E-state index in [1.807, 2.05) is 0 Å². The molecule has 10 nitrogen and oxygen atoms in total. The molecule has 0 spiro atoms. The Morgan fingerprint density at radius 2 is 0.850 bits per heavy atom. The molecule has 4 N–H and O–H groups in total. The minimum absolute atomic E-state index is 0.129. The van der Waals surface area contributed by atoms with E-state index >= 15 is 0 Å². The van der Waals surface area contributed by atoms with Gasteiger partial charge in [-0.1, -0.05) is 65.2 Å². The lowest BCUT2D eigenvalue weighted by Crippen LogP contribution is -2.42. The number of hydrogen-bond acceptors (Lipinski definition) is 8. The smallest absolute Gasteiger partial charge is 0.243 e. The van der Waals surface area contributed by atoms with Crippen LogP contribution in [0.4, 0.5) is 0 Å². The Balaban J connectivity index is 2.33. The zero-order valence-electron chi connectivity index (χ0n) is 23.5. The van der Waals surface area contributed by atoms with Gasteiger partial charge in [0.15, 0.2) is 23.0 Å². The molecule has 0 aliphatic carbocycles. The summed E-state index contributed by atoms with van der Waals surface area (Å²) in [6.07, 6.45) is 8.82. The number of nitrogens with zero attached hydrogens (tertiary/aromatic N) is 2. The highest BCUT2D eigenvalue weighted by atomic mass is 32.2. The first kappa shape index (κ1) is 33.7. The van der Waals surface area contributed by atoms with Crippen LogP contribution < -0.4 is 0 Å². The number of hydrogen-bond donors (Lipinski definition) is 4. The first-order valence-corrected chi connectivity index (χ1v) is 16.9. The number of benzene rings is 2. The summed E-state index contributed by atoms with van der Waals surface area (Å²) in [6.45, 7) is 4.24. The van der Waals surface area contributed by atoms with Crippen LogP contribution in [0.15, 0.2) is 46.2 Å². The van der Waals surface area contributed by atoms with Crippen LogP contribution in [0, 0.1) is 0 Å². The molecule has 0 aliphatic heterocycles. The lowest BCUT2D eigenvalue weighted by molar-refractivity contribution is 0.332. The number of phenols is 4. The van der Waals surface area contributed by atoms with E-state index in [0.717, 1.165) is 75.6 Å². The van der Waals surface area contributed by atoms with Gasteiger partial charge in [0, 0.05) is 38.3 Å². The van der Waals surface area contributed by atoms with Crippen LogP contribution in [0.25, 0.3) is 0 Å². The van der Waals surface area contributed by atoms with Gasteiger partial charge in [-0.15, -0.1) is 0 Å². The van der Waals surface area contributed by atoms with Crippen molar-refractivity contribution in [1.29, 1.82) is 0 Å². The lowest BCUT2D eigenvalue weighted by Gasteiger charge is -2.27. The molecule has 0 unspecified atom stereocenters. The molecule has 2 aromatic carbocycles. The zero-order chi connectivity index (χ0) is 29.8. The number of rotatable bonds is 19. The summed E-state index contributed by atoms with van der Waals surface area (Å²) in [6, 6.07) is 6.58. The molecule has 0 saturated carbocycles. The maximum atomic E-state index is 13.6. The number of phenolic OH excluding ortho intramolecular Hbond substituents is 4. The highest BCUT2D eigenvalue weighted by Gasteiger charge is 2.30. The Bertz CT molecular complexity index is 1180. The van der Waals surface area contributed by atoms with E-state index in [2.05, 4.69) is 13.8 Å². The third-order valence-corrected chi connectivity index (χ3v) is 10.6. The topological polar surface area (TPSA) is 156 Å². The molecule has 0 fully saturated rings. The fourth-order valence-corrected chi connectivity index (χ4v) is 7.32. The standard InChI is InChI=1S/C28H44N2O8S2/c1-3-5-7-9-11-17-29(39(35,36)23-13-15-25(31)27(33)21-23)19-20-30(18-12-10-8-6-4-2)40(37,38)24-14-16-26(32)28(34)22-24/h13-16,21-22,31-34H,3-12,17-20H2,1-2H3. The average Bonchev–Trinajstić information content (AvgIpc) is 2.91. The fourth-order valence-electron chi connectivity index (χ4n) is 4.34. The van der Waals surface area contributed by atoms with Crippen LogP contribution in [-0.2, 0) is 20.0 Å². The van der Waals surface area contributed by atoms with E-state index in [9.17, 15) is 37.3 Å². The van der Waals surface area contributed by atoms with Crippen LogP contribution in [0.2, 0.25) is 0 Å². The molecule has 2 aromatic rings. The van der Waals surface area contributed by atoms with Gasteiger partial charge in [0.25, 0.3) is 0 Å². The van der Waals surface area contributed by atoms with Crippen LogP contribution in [0.3, 0.4) is 0 Å². The van der Waals surface area contributed by atoms with E-state index in [1.165, 1.54) is 20.7 Å². The Hall–Kier alpha value is -2.54. The van der Waals surface area contributed by atoms with Gasteiger partial charge in [0.05, 0.1) is 9.79 Å². The Morgan fingerprint density at radius 1 is 0.500 bits per heavy atom. The van der Waals surface area contributed by atoms with Crippen LogP contribution in [0.1, 0.15) is 78.1 Å². The monoisotopic (exact) mass is 600 g/mol. The second-order valence-corrected chi connectivity index (χ2v) is 13.8. The van der Waals surface area contributed by atoms with Crippen molar-refractivity contribution in [2.75, 3.05) is 26.2 Å². The average molecular weight is 601 g/mol. The van der Waals surface area contributed by atoms with E-state index in [0.29, 0.717) is 12.8 Å². The molecule has 0 saturated heterocycles. The third kappa shape index (κ3) is 9.53. The van der Waals surface area contributed by atoms with E-state index in [4.69, 9.17) is 0 Å². The molecule has 0 heterocycles. The van der Waals surface area contributed by atoms with Gasteiger partial charge in [-0.25, -0.2) is 16.8 Å². The first-order chi connectivity index (χ1) is 18.9. The molecule has 2 rings (SSSR count). The highest BCUT2D eigenvalue weighted by molar-refractivity contribution is 7.89. The molecule has 0 atom stereocenters. The quantitative estimate of drug-likeness (QED) is 0.128. The van der Waals surface area contributed by atoms with Crippen molar-refractivity contribution in [3.8, 4) is 23.0 Å². The number of aromatic hydroxyl groups is 4. The predicted molar refractivity (Wildman–Crippen MR) is 155 cm³/mol. The molecule has 226 valence electrons. The summed E-state index contributed by atoms with van der Waals surface area (Å²) in [5, 5.41) is 39.1. The van der Waals surface area contributed by atoms with Crippen LogP contribution in [0.5, 0.6) is 23.0 Å². The van der Waals surface area contributed by atoms with Gasteiger partial charge in [0.2, 0.25) is 20.0 Å². The van der Waals surface area contributed by atoms with Crippen molar-refractivity contribution in [2.24, 2.45) is 0 Å². The molecule has 12 heteroatoms. The van der Waals surface area contributed by atoms with Crippen LogP contribution in [-0.4, -0.2) is 72.1 Å². The van der Waals surface area contributed by atoms with Crippen molar-refractivity contribution in [3.63, 3.8) is 0 Å². The molecule has 40 heavy (non-hydrogen) atoms. The Labute approximate surface area is 239 Å². The van der Waals surface area contributed by atoms with Gasteiger partial charge in [-0.2, -0.15) is 8.61 Å². The van der Waals surface area contributed by atoms with E-state index in [1.54, 1.807) is 0 Å². The number of sulfonamides is 2. The molecule has 0 radical (unpaired) electrons. The largest absolute Gasteiger partial charge is 0.504 e. The third-order valence-electron chi connectivity index (χ3n) is 6.79. The van der Waals surface area contributed by atoms with Crippen molar-refractivity contribution >= 4 is 20.0 Å². The maximum absolute atomic E-state index is 13.6. The predicted octanol–water partition coefficient (Wildman–Crippen LogP) is 5.13. The molecule has 0 aromatic heterocycles. The van der Waals surface area contributed by atoms with E-state index < -0.39 is 43.0 Å². The van der Waals surface area contributed by atoms with E-state index in [-0.39, 0.29) is 36.0 Å². The summed E-state index contributed by atoms with van der Waals surface area (Å²) in [5.74, 6) is -2.01. The summed E-state index contributed by atoms with van der Waals surface area (Å²) in [7, 11) is -8.23. The number of unbranched alkanes of at least 4 members (excludes halogenated alkanes) is 8. The molecular formula is C28H44N2O8S2. The van der Waals surface area contributed by atoms with Crippen molar-refractivity contribution in [2.45, 2.75) is 87.8 Å². The van der Waals surface area contributed by atoms with Crippen molar-refractivity contribution < 1.29 is 37.3 Å². The Kier molecular flexibility index (Phi) is 13.5. The summed E-state index contributed by atoms with van der Waals surface area (Å²) in [5.41, 5.74) is 0. The van der Waals surface area contributed by atoms with Crippen molar-refractivity contribution in [1.82, 2.24) is 8.61 Å². The van der Waals surface area contributed by atoms with Gasteiger partial charge in [-0.05, 0) is 37.1 Å². The Morgan fingerprint density at radius 3 is 1.18 bits per heavy atom.